The highest BCUT2D eigenvalue weighted by Crippen LogP contribution is 2.56. The molecule has 3 aromatic carbocycles. The second kappa shape index (κ2) is 8.07. The predicted octanol–water partition coefficient (Wildman–Crippen LogP) is 7.25. The summed E-state index contributed by atoms with van der Waals surface area (Å²) in [6, 6.07) is 19.3. The van der Waals surface area contributed by atoms with E-state index >= 15 is 0 Å². The van der Waals surface area contributed by atoms with Gasteiger partial charge in [0.2, 0.25) is 5.78 Å². The summed E-state index contributed by atoms with van der Waals surface area (Å²) < 4.78 is 6.84. The number of carbonyl (C=O) groups is 1. The predicted molar refractivity (Wildman–Crippen MR) is 146 cm³/mol. The van der Waals surface area contributed by atoms with Crippen LogP contribution in [-0.4, -0.2) is 26.3 Å². The number of hydrogen-bond acceptors (Lipinski definition) is 5. The molecular weight excluding hydrogens is 458 g/mol. The van der Waals surface area contributed by atoms with Gasteiger partial charge in [-0.25, -0.2) is 9.97 Å². The first-order valence-corrected chi connectivity index (χ1v) is 13.2. The van der Waals surface area contributed by atoms with Crippen LogP contribution in [0.15, 0.2) is 66.9 Å². The number of ketones is 1. The highest BCUT2D eigenvalue weighted by atomic mass is 16.5. The van der Waals surface area contributed by atoms with Gasteiger partial charge in [-0.3, -0.25) is 9.78 Å². The van der Waals surface area contributed by atoms with Gasteiger partial charge in [0.25, 0.3) is 0 Å². The third kappa shape index (κ3) is 3.44. The highest BCUT2D eigenvalue weighted by Gasteiger charge is 2.47. The zero-order valence-electron chi connectivity index (χ0n) is 21.4. The SMILES string of the molecule is C[C@H]1CC[C@H]2[C@H](C1)c1c(c3ccccc3c3nc4cc(C(=O)c5ccccn5)ccc4nc13)OC2(C)C. The third-order valence-electron chi connectivity index (χ3n) is 8.49. The highest BCUT2D eigenvalue weighted by molar-refractivity contribution is 6.12. The average Bonchev–Trinajstić information content (AvgIpc) is 2.91. The molecule has 0 amide bonds. The van der Waals surface area contributed by atoms with Crippen LogP contribution in [0.2, 0.25) is 0 Å². The molecular formula is C32H29N3O2. The van der Waals surface area contributed by atoms with Crippen molar-refractivity contribution in [3.8, 4) is 5.75 Å². The van der Waals surface area contributed by atoms with Gasteiger partial charge in [-0.15, -0.1) is 0 Å². The molecule has 5 heteroatoms. The fourth-order valence-electron chi connectivity index (χ4n) is 6.68. The number of fused-ring (bicyclic) bond motifs is 9. The van der Waals surface area contributed by atoms with Gasteiger partial charge in [-0.1, -0.05) is 43.7 Å². The average molecular weight is 488 g/mol. The van der Waals surface area contributed by atoms with E-state index < -0.39 is 0 Å². The molecule has 1 saturated carbocycles. The van der Waals surface area contributed by atoms with Gasteiger partial charge < -0.3 is 4.74 Å². The molecule has 0 spiro atoms. The van der Waals surface area contributed by atoms with Crippen LogP contribution in [0, 0.1) is 11.8 Å². The largest absolute Gasteiger partial charge is 0.487 e. The maximum Gasteiger partial charge on any atom is 0.211 e. The summed E-state index contributed by atoms with van der Waals surface area (Å²) in [6.07, 6.45) is 5.16. The minimum atomic E-state index is -0.237. The van der Waals surface area contributed by atoms with Crippen LogP contribution in [0.4, 0.5) is 0 Å². The molecule has 5 nitrogen and oxygen atoms in total. The van der Waals surface area contributed by atoms with E-state index in [-0.39, 0.29) is 11.4 Å². The van der Waals surface area contributed by atoms with Gasteiger partial charge in [0.05, 0.1) is 22.1 Å². The van der Waals surface area contributed by atoms with E-state index in [1.807, 2.05) is 36.4 Å². The molecule has 1 aliphatic heterocycles. The van der Waals surface area contributed by atoms with Gasteiger partial charge in [0, 0.05) is 34.0 Å². The maximum atomic E-state index is 13.1. The fraction of sp³-hybridized carbons (Fsp3) is 0.312. The normalized spacial score (nSPS) is 22.4. The minimum Gasteiger partial charge on any atom is -0.487 e. The van der Waals surface area contributed by atoms with Gasteiger partial charge in [-0.2, -0.15) is 0 Å². The Hall–Kier alpha value is -3.86. The Morgan fingerprint density at radius 3 is 2.51 bits per heavy atom. The van der Waals surface area contributed by atoms with Crippen LogP contribution < -0.4 is 4.74 Å². The van der Waals surface area contributed by atoms with Crippen molar-refractivity contribution in [1.82, 2.24) is 15.0 Å². The summed E-state index contributed by atoms with van der Waals surface area (Å²) in [6.45, 7) is 6.85. The standard InChI is InChI=1S/C32H29N3O2/c1-18-11-13-23-22(16-18)27-29-28(20-8-4-5-9-21(20)31(27)37-32(23,2)3)35-26-17-19(12-14-24(26)34-29)30(36)25-10-6-7-15-33-25/h4-10,12,14-15,17-18,22-23H,11,13,16H2,1-3H3/t18-,22-,23-/m0/s1. The number of ether oxygens (including phenoxy) is 1. The second-order valence-electron chi connectivity index (χ2n) is 11.3. The van der Waals surface area contributed by atoms with Crippen molar-refractivity contribution < 1.29 is 9.53 Å². The van der Waals surface area contributed by atoms with Crippen LogP contribution in [0.1, 0.15) is 67.6 Å². The molecule has 7 rings (SSSR count). The molecule has 2 aromatic heterocycles. The lowest BCUT2D eigenvalue weighted by molar-refractivity contribution is -0.0115. The Labute approximate surface area is 215 Å². The molecule has 0 saturated heterocycles. The first kappa shape index (κ1) is 22.3. The van der Waals surface area contributed by atoms with Crippen molar-refractivity contribution >= 4 is 38.6 Å². The number of rotatable bonds is 2. The molecule has 0 N–H and O–H groups in total. The summed E-state index contributed by atoms with van der Waals surface area (Å²) in [5.41, 5.74) is 5.28. The fourth-order valence-corrected chi connectivity index (χ4v) is 6.68. The van der Waals surface area contributed by atoms with E-state index in [1.54, 1.807) is 12.3 Å². The Balaban J connectivity index is 1.50. The van der Waals surface area contributed by atoms with E-state index in [9.17, 15) is 4.79 Å². The van der Waals surface area contributed by atoms with Crippen molar-refractivity contribution in [3.05, 3.63) is 83.7 Å². The number of aromatic nitrogens is 3. The summed E-state index contributed by atoms with van der Waals surface area (Å²) in [7, 11) is 0. The first-order valence-electron chi connectivity index (χ1n) is 13.2. The minimum absolute atomic E-state index is 0.116. The Kier molecular flexibility index (Phi) is 4.87. The molecule has 184 valence electrons. The van der Waals surface area contributed by atoms with Crippen molar-refractivity contribution in [2.75, 3.05) is 0 Å². The number of carbonyl (C=O) groups excluding carboxylic acids is 1. The van der Waals surface area contributed by atoms with E-state index in [2.05, 4.69) is 44.0 Å². The molecule has 3 heterocycles. The summed E-state index contributed by atoms with van der Waals surface area (Å²) >= 11 is 0. The molecule has 0 bridgehead atoms. The van der Waals surface area contributed by atoms with E-state index in [4.69, 9.17) is 14.7 Å². The summed E-state index contributed by atoms with van der Waals surface area (Å²) in [4.78, 5) is 27.7. The van der Waals surface area contributed by atoms with Crippen molar-refractivity contribution in [3.63, 3.8) is 0 Å². The number of nitrogens with zero attached hydrogens (tertiary/aromatic N) is 3. The van der Waals surface area contributed by atoms with E-state index in [0.29, 0.717) is 34.5 Å². The lowest BCUT2D eigenvalue weighted by Crippen LogP contribution is -2.46. The summed E-state index contributed by atoms with van der Waals surface area (Å²) in [5, 5.41) is 2.12. The molecule has 5 aromatic rings. The number of benzene rings is 3. The monoisotopic (exact) mass is 487 g/mol. The van der Waals surface area contributed by atoms with Gasteiger partial charge in [0.15, 0.2) is 0 Å². The van der Waals surface area contributed by atoms with Gasteiger partial charge >= 0.3 is 0 Å². The Morgan fingerprint density at radius 1 is 0.919 bits per heavy atom. The Morgan fingerprint density at radius 2 is 1.70 bits per heavy atom. The molecule has 1 fully saturated rings. The quantitative estimate of drug-likeness (QED) is 0.149. The zero-order valence-corrected chi connectivity index (χ0v) is 21.4. The molecule has 37 heavy (non-hydrogen) atoms. The van der Waals surface area contributed by atoms with Crippen LogP contribution >= 0.6 is 0 Å². The lowest BCUT2D eigenvalue weighted by Gasteiger charge is -2.49. The summed E-state index contributed by atoms with van der Waals surface area (Å²) in [5.74, 6) is 2.34. The molecule has 1 aliphatic carbocycles. The smallest absolute Gasteiger partial charge is 0.211 e. The number of pyridine rings is 1. The van der Waals surface area contributed by atoms with Crippen LogP contribution in [0.3, 0.4) is 0 Å². The van der Waals surface area contributed by atoms with Gasteiger partial charge in [0.1, 0.15) is 17.0 Å². The van der Waals surface area contributed by atoms with Crippen LogP contribution in [0.25, 0.3) is 32.8 Å². The molecule has 3 atom stereocenters. The molecule has 0 unspecified atom stereocenters. The van der Waals surface area contributed by atoms with E-state index in [1.165, 1.54) is 12.0 Å². The van der Waals surface area contributed by atoms with Crippen molar-refractivity contribution in [1.29, 1.82) is 0 Å². The van der Waals surface area contributed by atoms with Crippen molar-refractivity contribution in [2.24, 2.45) is 11.8 Å². The molecule has 0 radical (unpaired) electrons. The second-order valence-corrected chi connectivity index (χ2v) is 11.3. The third-order valence-corrected chi connectivity index (χ3v) is 8.49. The first-order chi connectivity index (χ1) is 17.9. The van der Waals surface area contributed by atoms with Crippen LogP contribution in [0.5, 0.6) is 5.75 Å². The van der Waals surface area contributed by atoms with Crippen molar-refractivity contribution in [2.45, 2.75) is 51.6 Å². The Bertz CT molecular complexity index is 1710. The maximum absolute atomic E-state index is 13.1. The lowest BCUT2D eigenvalue weighted by atomic mass is 9.64. The topological polar surface area (TPSA) is 65.0 Å². The van der Waals surface area contributed by atoms with Crippen LogP contribution in [-0.2, 0) is 0 Å². The zero-order chi connectivity index (χ0) is 25.3. The molecule has 2 aliphatic rings. The number of hydrogen-bond donors (Lipinski definition) is 0. The van der Waals surface area contributed by atoms with E-state index in [0.717, 1.165) is 45.9 Å². The van der Waals surface area contributed by atoms with Gasteiger partial charge in [-0.05, 0) is 68.9 Å².